The number of carbonyl (C=O) groups excluding carboxylic acids is 2. The molecule has 3 aromatic rings. The highest BCUT2D eigenvalue weighted by Gasteiger charge is 2.43. The lowest BCUT2D eigenvalue weighted by Crippen LogP contribution is -2.47. The summed E-state index contributed by atoms with van der Waals surface area (Å²) in [6.07, 6.45) is 0.839. The number of fused-ring (bicyclic) bond motifs is 1. The SMILES string of the molecule is CCCCOC(=O)Nc1cc(OC(F)(F)F)ccc1C(=O)N1CCC(c2ccnc3[nH]c(C4CC(O[Si](C)(C)C(C)(C)C)C4)nc23)CC1. The molecule has 14 heteroatoms. The first-order valence-corrected chi connectivity index (χ1v) is 19.6. The van der Waals surface area contributed by atoms with Crippen LogP contribution in [0.3, 0.4) is 0 Å². The fraction of sp³-hybridized carbons (Fsp3) is 0.588. The van der Waals surface area contributed by atoms with Gasteiger partial charge < -0.3 is 23.8 Å². The number of ether oxygens (including phenoxy) is 2. The summed E-state index contributed by atoms with van der Waals surface area (Å²) >= 11 is 0. The van der Waals surface area contributed by atoms with E-state index in [4.69, 9.17) is 14.1 Å². The molecular weight excluding hydrogens is 643 g/mol. The zero-order valence-electron chi connectivity index (χ0n) is 28.5. The van der Waals surface area contributed by atoms with Crippen molar-refractivity contribution in [1.29, 1.82) is 0 Å². The van der Waals surface area contributed by atoms with Crippen molar-refractivity contribution in [1.82, 2.24) is 19.9 Å². The van der Waals surface area contributed by atoms with Gasteiger partial charge in [0, 0.05) is 37.4 Å². The largest absolute Gasteiger partial charge is 0.573 e. The number of unbranched alkanes of at least 4 members (excludes halogenated alkanes) is 1. The molecule has 0 spiro atoms. The average molecular weight is 690 g/mol. The van der Waals surface area contributed by atoms with Crippen LogP contribution in [-0.2, 0) is 9.16 Å². The molecule has 10 nitrogen and oxygen atoms in total. The molecule has 48 heavy (non-hydrogen) atoms. The number of H-pyrrole nitrogens is 1. The molecular formula is C34H46F3N5O5Si. The molecule has 0 bridgehead atoms. The van der Waals surface area contributed by atoms with Crippen molar-refractivity contribution in [3.8, 4) is 5.75 Å². The van der Waals surface area contributed by atoms with Gasteiger partial charge in [0.2, 0.25) is 0 Å². The van der Waals surface area contributed by atoms with Crippen molar-refractivity contribution in [3.05, 3.63) is 47.4 Å². The number of benzene rings is 1. The second-order valence-corrected chi connectivity index (χ2v) is 19.1. The van der Waals surface area contributed by atoms with Gasteiger partial charge in [0.15, 0.2) is 14.0 Å². The van der Waals surface area contributed by atoms with Crippen LogP contribution in [0.4, 0.5) is 23.7 Å². The van der Waals surface area contributed by atoms with Crippen molar-refractivity contribution in [3.63, 3.8) is 0 Å². The predicted molar refractivity (Wildman–Crippen MR) is 179 cm³/mol. The van der Waals surface area contributed by atoms with Gasteiger partial charge in [0.25, 0.3) is 5.91 Å². The summed E-state index contributed by atoms with van der Waals surface area (Å²) < 4.78 is 54.5. The van der Waals surface area contributed by atoms with Crippen molar-refractivity contribution < 1.29 is 36.7 Å². The molecule has 0 unspecified atom stereocenters. The van der Waals surface area contributed by atoms with Gasteiger partial charge in [-0.05, 0) is 79.9 Å². The zero-order valence-corrected chi connectivity index (χ0v) is 29.5. The topological polar surface area (TPSA) is 119 Å². The van der Waals surface area contributed by atoms with E-state index >= 15 is 0 Å². The molecule has 2 amide bonds. The number of amides is 2. The number of likely N-dealkylation sites (tertiary alicyclic amines) is 1. The number of anilines is 1. The van der Waals surface area contributed by atoms with Gasteiger partial charge in [0.1, 0.15) is 17.1 Å². The first-order valence-electron chi connectivity index (χ1n) is 16.7. The Morgan fingerprint density at radius 2 is 1.79 bits per heavy atom. The number of hydrogen-bond acceptors (Lipinski definition) is 7. The second-order valence-electron chi connectivity index (χ2n) is 14.3. The maximum atomic E-state index is 13.6. The molecule has 0 radical (unpaired) electrons. The molecule has 262 valence electrons. The molecule has 5 rings (SSSR count). The van der Waals surface area contributed by atoms with Crippen LogP contribution in [0.5, 0.6) is 5.75 Å². The van der Waals surface area contributed by atoms with Crippen LogP contribution >= 0.6 is 0 Å². The molecule has 1 aliphatic carbocycles. The van der Waals surface area contributed by atoms with E-state index in [1.54, 1.807) is 11.1 Å². The maximum absolute atomic E-state index is 13.6. The molecule has 2 N–H and O–H groups in total. The molecule has 2 aliphatic rings. The van der Waals surface area contributed by atoms with E-state index in [0.29, 0.717) is 38.3 Å². The molecule has 1 saturated heterocycles. The highest BCUT2D eigenvalue weighted by Crippen LogP contribution is 2.45. The van der Waals surface area contributed by atoms with Gasteiger partial charge in [-0.1, -0.05) is 34.1 Å². The molecule has 1 aliphatic heterocycles. The lowest BCUT2D eigenvalue weighted by molar-refractivity contribution is -0.274. The quantitative estimate of drug-likeness (QED) is 0.162. The summed E-state index contributed by atoms with van der Waals surface area (Å²) in [5.41, 5.74) is 2.61. The molecule has 2 fully saturated rings. The van der Waals surface area contributed by atoms with Crippen LogP contribution in [0, 0.1) is 0 Å². The number of aromatic amines is 1. The Bertz CT molecular complexity index is 1610. The number of alkyl halides is 3. The van der Waals surface area contributed by atoms with Gasteiger partial charge >= 0.3 is 12.5 Å². The second kappa shape index (κ2) is 14.1. The number of nitrogens with zero attached hydrogens (tertiary/aromatic N) is 3. The Morgan fingerprint density at radius 3 is 2.44 bits per heavy atom. The smallest absolute Gasteiger partial charge is 0.449 e. The van der Waals surface area contributed by atoms with Crippen LogP contribution in [0.1, 0.15) is 99.8 Å². The minimum absolute atomic E-state index is 0.0509. The van der Waals surface area contributed by atoms with Crippen molar-refractivity contribution in [2.24, 2.45) is 0 Å². The summed E-state index contributed by atoms with van der Waals surface area (Å²) in [5, 5.41) is 2.59. The predicted octanol–water partition coefficient (Wildman–Crippen LogP) is 8.49. The number of carbonyl (C=O) groups is 2. The van der Waals surface area contributed by atoms with Gasteiger partial charge in [0.05, 0.1) is 17.9 Å². The van der Waals surface area contributed by atoms with E-state index in [2.05, 4.69) is 53.9 Å². The van der Waals surface area contributed by atoms with Crippen LogP contribution in [0.2, 0.25) is 18.1 Å². The summed E-state index contributed by atoms with van der Waals surface area (Å²) in [5.74, 6) is 0.403. The van der Waals surface area contributed by atoms with Crippen LogP contribution < -0.4 is 10.1 Å². The van der Waals surface area contributed by atoms with Gasteiger partial charge in [-0.3, -0.25) is 10.1 Å². The fourth-order valence-corrected chi connectivity index (χ4v) is 7.36. The Labute approximate surface area is 280 Å². The third kappa shape index (κ3) is 8.31. The van der Waals surface area contributed by atoms with Crippen LogP contribution in [0.15, 0.2) is 30.5 Å². The third-order valence-corrected chi connectivity index (χ3v) is 14.4. The van der Waals surface area contributed by atoms with E-state index in [-0.39, 0.29) is 34.9 Å². The van der Waals surface area contributed by atoms with E-state index in [9.17, 15) is 22.8 Å². The summed E-state index contributed by atoms with van der Waals surface area (Å²) in [4.78, 5) is 40.6. The highest BCUT2D eigenvalue weighted by atomic mass is 28.4. The Kier molecular flexibility index (Phi) is 10.4. The zero-order chi connectivity index (χ0) is 34.9. The molecule has 3 heterocycles. The standard InChI is InChI=1S/C34H46F3N5O5Si/c1-7-8-17-45-32(44)39-27-20-23(46-34(35,36)37)9-10-26(27)31(43)42-15-12-21(13-16-42)25-11-14-38-30-28(25)40-29(41-30)22-18-24(19-22)47-48(5,6)33(2,3)4/h9-11,14,20-22,24H,7-8,12-13,15-19H2,1-6H3,(H,39,44)(H,38,40,41). The van der Waals surface area contributed by atoms with Gasteiger partial charge in [-0.2, -0.15) is 0 Å². The maximum Gasteiger partial charge on any atom is 0.573 e. The first-order chi connectivity index (χ1) is 22.5. The summed E-state index contributed by atoms with van der Waals surface area (Å²) in [6.45, 7) is 14.2. The monoisotopic (exact) mass is 689 g/mol. The van der Waals surface area contributed by atoms with Crippen LogP contribution in [-0.4, -0.2) is 72.3 Å². The molecule has 1 aromatic carbocycles. The number of hydrogen-bond donors (Lipinski definition) is 2. The fourth-order valence-electron chi connectivity index (χ4n) is 5.98. The van der Waals surface area contributed by atoms with E-state index in [1.807, 2.05) is 13.0 Å². The summed E-state index contributed by atoms with van der Waals surface area (Å²) in [6, 6.07) is 5.27. The molecule has 2 aromatic heterocycles. The number of piperidine rings is 1. The van der Waals surface area contributed by atoms with E-state index < -0.39 is 32.4 Å². The Balaban J connectivity index is 1.25. The number of pyridine rings is 1. The Hall–Kier alpha value is -3.65. The van der Waals surface area contributed by atoms with E-state index in [1.165, 1.54) is 6.07 Å². The van der Waals surface area contributed by atoms with Crippen molar-refractivity contribution in [2.45, 2.75) is 109 Å². The lowest BCUT2D eigenvalue weighted by atomic mass is 9.82. The van der Waals surface area contributed by atoms with Crippen molar-refractivity contribution >= 4 is 37.2 Å². The van der Waals surface area contributed by atoms with E-state index in [0.717, 1.165) is 53.9 Å². The number of nitrogens with one attached hydrogen (secondary N) is 2. The minimum Gasteiger partial charge on any atom is -0.449 e. The lowest BCUT2D eigenvalue weighted by Gasteiger charge is -2.44. The first kappa shape index (κ1) is 35.6. The highest BCUT2D eigenvalue weighted by molar-refractivity contribution is 6.74. The number of halogens is 3. The third-order valence-electron chi connectivity index (χ3n) is 9.83. The average Bonchev–Trinajstić information content (AvgIpc) is 3.41. The molecule has 0 atom stereocenters. The minimum atomic E-state index is -4.93. The number of rotatable bonds is 10. The Morgan fingerprint density at radius 1 is 1.08 bits per heavy atom. The van der Waals surface area contributed by atoms with Gasteiger partial charge in [-0.15, -0.1) is 13.2 Å². The number of imidazole rings is 1. The van der Waals surface area contributed by atoms with Gasteiger partial charge in [-0.25, -0.2) is 14.8 Å². The normalized spacial score (nSPS) is 19.2. The number of aromatic nitrogens is 3. The van der Waals surface area contributed by atoms with Crippen molar-refractivity contribution in [2.75, 3.05) is 25.0 Å². The summed E-state index contributed by atoms with van der Waals surface area (Å²) in [7, 11) is -1.84. The molecule has 1 saturated carbocycles. The van der Waals surface area contributed by atoms with Crippen LogP contribution in [0.25, 0.3) is 11.2 Å².